The van der Waals surface area contributed by atoms with Gasteiger partial charge in [0, 0.05) is 5.56 Å². The van der Waals surface area contributed by atoms with Gasteiger partial charge in [0.1, 0.15) is 11.5 Å². The molecule has 0 saturated heterocycles. The van der Waals surface area contributed by atoms with Crippen LogP contribution in [0.15, 0.2) is 28.7 Å². The molecular formula is C15H18ClNO. The second kappa shape index (κ2) is 5.07. The van der Waals surface area contributed by atoms with Gasteiger partial charge in [-0.05, 0) is 51.5 Å². The lowest BCUT2D eigenvalue weighted by Crippen LogP contribution is -2.07. The quantitative estimate of drug-likeness (QED) is 0.840. The maximum absolute atomic E-state index is 6.19. The Balaban J connectivity index is 2.23. The third-order valence-corrected chi connectivity index (χ3v) is 3.37. The largest absolute Gasteiger partial charge is 0.466 e. The van der Waals surface area contributed by atoms with Crippen molar-refractivity contribution < 1.29 is 4.42 Å². The fraction of sp³-hybridized carbons (Fsp3) is 0.333. The molecule has 0 bridgehead atoms. The molecule has 1 unspecified atom stereocenters. The molecule has 3 heteroatoms. The maximum Gasteiger partial charge on any atom is 0.106 e. The van der Waals surface area contributed by atoms with Crippen molar-refractivity contribution in [3.63, 3.8) is 0 Å². The van der Waals surface area contributed by atoms with Crippen LogP contribution in [0.2, 0.25) is 5.02 Å². The van der Waals surface area contributed by atoms with Crippen molar-refractivity contribution in [3.8, 4) is 0 Å². The van der Waals surface area contributed by atoms with E-state index >= 15 is 0 Å². The standard InChI is InChI=1S/C15H18ClNO/c1-9-5-6-14(16)15(7-9)17-11(3)13-8-10(2)18-12(13)4/h5-8,11,17H,1-4H3. The number of hydrogen-bond donors (Lipinski definition) is 1. The van der Waals surface area contributed by atoms with Crippen molar-refractivity contribution in [1.82, 2.24) is 0 Å². The lowest BCUT2D eigenvalue weighted by atomic mass is 10.1. The highest BCUT2D eigenvalue weighted by atomic mass is 35.5. The highest BCUT2D eigenvalue weighted by molar-refractivity contribution is 6.33. The van der Waals surface area contributed by atoms with Gasteiger partial charge in [-0.3, -0.25) is 0 Å². The summed E-state index contributed by atoms with van der Waals surface area (Å²) in [4.78, 5) is 0. The van der Waals surface area contributed by atoms with Crippen LogP contribution >= 0.6 is 11.6 Å². The minimum Gasteiger partial charge on any atom is -0.466 e. The number of nitrogens with one attached hydrogen (secondary N) is 1. The first-order valence-electron chi connectivity index (χ1n) is 6.07. The molecule has 0 saturated carbocycles. The number of halogens is 1. The first-order valence-corrected chi connectivity index (χ1v) is 6.45. The summed E-state index contributed by atoms with van der Waals surface area (Å²) in [7, 11) is 0. The molecule has 1 N–H and O–H groups in total. The van der Waals surface area contributed by atoms with Gasteiger partial charge in [-0.1, -0.05) is 17.7 Å². The highest BCUT2D eigenvalue weighted by Crippen LogP contribution is 2.29. The van der Waals surface area contributed by atoms with Crippen LogP contribution < -0.4 is 5.32 Å². The average molecular weight is 264 g/mol. The van der Waals surface area contributed by atoms with Crippen LogP contribution in [0.25, 0.3) is 0 Å². The molecule has 0 spiro atoms. The average Bonchev–Trinajstić information content (AvgIpc) is 2.63. The summed E-state index contributed by atoms with van der Waals surface area (Å²) in [5.41, 5.74) is 3.32. The number of aryl methyl sites for hydroxylation is 3. The van der Waals surface area contributed by atoms with Gasteiger partial charge in [-0.25, -0.2) is 0 Å². The summed E-state index contributed by atoms with van der Waals surface area (Å²) < 4.78 is 5.55. The molecule has 1 aromatic heterocycles. The van der Waals surface area contributed by atoms with Gasteiger partial charge >= 0.3 is 0 Å². The predicted octanol–water partition coefficient (Wildman–Crippen LogP) is 5.03. The Morgan fingerprint density at radius 1 is 1.17 bits per heavy atom. The molecular weight excluding hydrogens is 246 g/mol. The Kier molecular flexibility index (Phi) is 3.67. The number of hydrogen-bond acceptors (Lipinski definition) is 2. The lowest BCUT2D eigenvalue weighted by Gasteiger charge is -2.16. The number of rotatable bonds is 3. The van der Waals surface area contributed by atoms with Crippen LogP contribution in [-0.4, -0.2) is 0 Å². The molecule has 2 rings (SSSR count). The number of benzene rings is 1. The Morgan fingerprint density at radius 2 is 1.89 bits per heavy atom. The zero-order valence-corrected chi connectivity index (χ0v) is 11.9. The van der Waals surface area contributed by atoms with Gasteiger partial charge in [0.15, 0.2) is 0 Å². The molecule has 18 heavy (non-hydrogen) atoms. The van der Waals surface area contributed by atoms with E-state index in [1.807, 2.05) is 26.0 Å². The molecule has 1 heterocycles. The van der Waals surface area contributed by atoms with Gasteiger partial charge in [0.05, 0.1) is 16.8 Å². The molecule has 0 radical (unpaired) electrons. The molecule has 96 valence electrons. The lowest BCUT2D eigenvalue weighted by molar-refractivity contribution is 0.500. The minimum atomic E-state index is 0.168. The minimum absolute atomic E-state index is 0.168. The van der Waals surface area contributed by atoms with Gasteiger partial charge in [-0.15, -0.1) is 0 Å². The van der Waals surface area contributed by atoms with Crippen LogP contribution in [0.4, 0.5) is 5.69 Å². The fourth-order valence-electron chi connectivity index (χ4n) is 2.14. The third kappa shape index (κ3) is 2.70. The zero-order valence-electron chi connectivity index (χ0n) is 11.2. The first kappa shape index (κ1) is 13.0. The Labute approximate surface area is 113 Å². The fourth-order valence-corrected chi connectivity index (χ4v) is 2.31. The van der Waals surface area contributed by atoms with Crippen LogP contribution in [0.1, 0.15) is 35.6 Å². The summed E-state index contributed by atoms with van der Waals surface area (Å²) in [5, 5.41) is 4.17. The van der Waals surface area contributed by atoms with Crippen LogP contribution in [-0.2, 0) is 0 Å². The Morgan fingerprint density at radius 3 is 2.50 bits per heavy atom. The van der Waals surface area contributed by atoms with E-state index in [-0.39, 0.29) is 6.04 Å². The van der Waals surface area contributed by atoms with Crippen molar-refractivity contribution >= 4 is 17.3 Å². The monoisotopic (exact) mass is 263 g/mol. The Bertz CT molecular complexity index is 560. The summed E-state index contributed by atoms with van der Waals surface area (Å²) in [6.07, 6.45) is 0. The normalized spacial score (nSPS) is 12.5. The molecule has 0 aliphatic rings. The van der Waals surface area contributed by atoms with E-state index in [0.29, 0.717) is 0 Å². The van der Waals surface area contributed by atoms with E-state index in [0.717, 1.165) is 22.2 Å². The van der Waals surface area contributed by atoms with E-state index in [1.165, 1.54) is 11.1 Å². The SMILES string of the molecule is Cc1ccc(Cl)c(NC(C)c2cc(C)oc2C)c1. The zero-order chi connectivity index (χ0) is 13.3. The van der Waals surface area contributed by atoms with Gasteiger partial charge in [0.2, 0.25) is 0 Å². The summed E-state index contributed by atoms with van der Waals surface area (Å²) >= 11 is 6.19. The van der Waals surface area contributed by atoms with Crippen molar-refractivity contribution in [3.05, 3.63) is 51.9 Å². The van der Waals surface area contributed by atoms with Crippen molar-refractivity contribution in [2.75, 3.05) is 5.32 Å². The summed E-state index contributed by atoms with van der Waals surface area (Å²) in [6, 6.07) is 8.21. The second-order valence-electron chi connectivity index (χ2n) is 4.72. The molecule has 0 fully saturated rings. The number of furan rings is 1. The summed E-state index contributed by atoms with van der Waals surface area (Å²) in [6.45, 7) is 8.11. The molecule has 1 atom stereocenters. The molecule has 1 aromatic carbocycles. The second-order valence-corrected chi connectivity index (χ2v) is 5.13. The molecule has 0 aliphatic carbocycles. The van der Waals surface area contributed by atoms with E-state index in [4.69, 9.17) is 16.0 Å². The van der Waals surface area contributed by atoms with Crippen molar-refractivity contribution in [2.24, 2.45) is 0 Å². The van der Waals surface area contributed by atoms with Crippen molar-refractivity contribution in [1.29, 1.82) is 0 Å². The first-order chi connectivity index (χ1) is 8.47. The van der Waals surface area contributed by atoms with E-state index in [9.17, 15) is 0 Å². The topological polar surface area (TPSA) is 25.2 Å². The molecule has 2 aromatic rings. The highest BCUT2D eigenvalue weighted by Gasteiger charge is 2.13. The number of anilines is 1. The summed E-state index contributed by atoms with van der Waals surface area (Å²) in [5.74, 6) is 1.89. The van der Waals surface area contributed by atoms with Crippen molar-refractivity contribution in [2.45, 2.75) is 33.7 Å². The molecule has 0 aliphatic heterocycles. The Hall–Kier alpha value is -1.41. The smallest absolute Gasteiger partial charge is 0.106 e. The van der Waals surface area contributed by atoms with E-state index in [1.54, 1.807) is 0 Å². The molecule has 2 nitrogen and oxygen atoms in total. The van der Waals surface area contributed by atoms with E-state index < -0.39 is 0 Å². The van der Waals surface area contributed by atoms with Crippen LogP contribution in [0.3, 0.4) is 0 Å². The van der Waals surface area contributed by atoms with Gasteiger partial charge in [-0.2, -0.15) is 0 Å². The van der Waals surface area contributed by atoms with E-state index in [2.05, 4.69) is 31.3 Å². The predicted molar refractivity (Wildman–Crippen MR) is 76.4 cm³/mol. The van der Waals surface area contributed by atoms with Crippen LogP contribution in [0, 0.1) is 20.8 Å². The molecule has 0 amide bonds. The van der Waals surface area contributed by atoms with Gasteiger partial charge < -0.3 is 9.73 Å². The van der Waals surface area contributed by atoms with Gasteiger partial charge in [0.25, 0.3) is 0 Å². The maximum atomic E-state index is 6.19. The third-order valence-electron chi connectivity index (χ3n) is 3.04. The van der Waals surface area contributed by atoms with Crippen LogP contribution in [0.5, 0.6) is 0 Å².